The second kappa shape index (κ2) is 15.2. The zero-order valence-corrected chi connectivity index (χ0v) is 23.6. The highest BCUT2D eigenvalue weighted by Gasteiger charge is 2.28. The van der Waals surface area contributed by atoms with E-state index in [9.17, 15) is 8.78 Å². The number of rotatable bonds is 14. The van der Waals surface area contributed by atoms with E-state index in [-0.39, 0.29) is 28.4 Å². The SMILES string of the molecule is C=CCCC1COC(c2ccc(-c3ccc(-c4ccc(OCCCCCCCC)c(F)c4F)cc3)c(F)c2F)OC1. The van der Waals surface area contributed by atoms with Crippen molar-refractivity contribution in [3.05, 3.63) is 90.0 Å². The number of hydrogen-bond donors (Lipinski definition) is 0. The highest BCUT2D eigenvalue weighted by atomic mass is 19.2. The van der Waals surface area contributed by atoms with Gasteiger partial charge in [-0.2, -0.15) is 4.39 Å². The summed E-state index contributed by atoms with van der Waals surface area (Å²) >= 11 is 0. The molecule has 0 radical (unpaired) electrons. The van der Waals surface area contributed by atoms with Crippen molar-refractivity contribution in [1.29, 1.82) is 0 Å². The van der Waals surface area contributed by atoms with Crippen molar-refractivity contribution in [3.8, 4) is 28.0 Å². The third kappa shape index (κ3) is 7.77. The molecule has 1 aliphatic rings. The Morgan fingerprint density at radius 2 is 1.34 bits per heavy atom. The Labute approximate surface area is 240 Å². The fourth-order valence-corrected chi connectivity index (χ4v) is 4.97. The maximum atomic E-state index is 15.1. The Morgan fingerprint density at radius 3 is 1.98 bits per heavy atom. The molecule has 1 fully saturated rings. The van der Waals surface area contributed by atoms with Crippen molar-refractivity contribution in [3.63, 3.8) is 0 Å². The van der Waals surface area contributed by atoms with Crippen molar-refractivity contribution in [2.24, 2.45) is 5.92 Å². The van der Waals surface area contributed by atoms with E-state index < -0.39 is 29.6 Å². The summed E-state index contributed by atoms with van der Waals surface area (Å²) in [5.41, 5.74) is 0.900. The molecule has 0 saturated carbocycles. The van der Waals surface area contributed by atoms with Crippen LogP contribution in [0.1, 0.15) is 70.1 Å². The van der Waals surface area contributed by atoms with Crippen molar-refractivity contribution in [2.75, 3.05) is 19.8 Å². The van der Waals surface area contributed by atoms with Crippen LogP contribution in [0.5, 0.6) is 5.75 Å². The predicted octanol–water partition coefficient (Wildman–Crippen LogP) is 9.94. The molecule has 41 heavy (non-hydrogen) atoms. The molecule has 3 aromatic carbocycles. The minimum absolute atomic E-state index is 0.00129. The van der Waals surface area contributed by atoms with E-state index in [1.54, 1.807) is 24.3 Å². The summed E-state index contributed by atoms with van der Waals surface area (Å²) in [5.74, 6) is -4.06. The fraction of sp³-hybridized carbons (Fsp3) is 0.412. The second-order valence-corrected chi connectivity index (χ2v) is 10.5. The van der Waals surface area contributed by atoms with Gasteiger partial charge in [0.1, 0.15) is 0 Å². The summed E-state index contributed by atoms with van der Waals surface area (Å²) in [6, 6.07) is 12.0. The zero-order valence-electron chi connectivity index (χ0n) is 23.6. The smallest absolute Gasteiger partial charge is 0.201 e. The number of unbranched alkanes of at least 4 members (excludes halogenated alkanes) is 5. The van der Waals surface area contributed by atoms with Crippen LogP contribution in [0, 0.1) is 29.2 Å². The first-order valence-corrected chi connectivity index (χ1v) is 14.5. The Bertz CT molecular complexity index is 1280. The lowest BCUT2D eigenvalue weighted by Gasteiger charge is -2.29. The summed E-state index contributed by atoms with van der Waals surface area (Å²) in [4.78, 5) is 0. The van der Waals surface area contributed by atoms with E-state index in [0.717, 1.165) is 32.1 Å². The third-order valence-corrected chi connectivity index (χ3v) is 7.42. The van der Waals surface area contributed by atoms with Crippen molar-refractivity contribution < 1.29 is 31.8 Å². The quantitative estimate of drug-likeness (QED) is 0.110. The molecule has 4 rings (SSSR count). The van der Waals surface area contributed by atoms with Gasteiger partial charge in [0, 0.05) is 22.6 Å². The van der Waals surface area contributed by atoms with E-state index in [1.807, 2.05) is 6.08 Å². The Hall–Kier alpha value is -3.16. The van der Waals surface area contributed by atoms with Gasteiger partial charge in [-0.1, -0.05) is 81.5 Å². The molecule has 0 atom stereocenters. The standard InChI is InChI=1S/C34H38F4O3/c1-3-5-7-8-9-10-20-39-29-19-18-27(31(36)33(29)38)25-14-12-24(13-15-25)26-16-17-28(32(37)30(26)35)34-40-21-23(22-41-34)11-6-4-2/h4,12-19,23,34H,2-3,5-11,20-22H2,1H3. The van der Waals surface area contributed by atoms with Crippen LogP contribution in [0.15, 0.2) is 61.2 Å². The fourth-order valence-electron chi connectivity index (χ4n) is 4.97. The van der Waals surface area contributed by atoms with Gasteiger partial charge in [0.2, 0.25) is 5.82 Å². The van der Waals surface area contributed by atoms with Crippen LogP contribution < -0.4 is 4.74 Å². The van der Waals surface area contributed by atoms with Crippen LogP contribution in [0.3, 0.4) is 0 Å². The molecule has 0 amide bonds. The normalized spacial score (nSPS) is 17.0. The second-order valence-electron chi connectivity index (χ2n) is 10.5. The monoisotopic (exact) mass is 570 g/mol. The van der Waals surface area contributed by atoms with E-state index in [0.29, 0.717) is 30.9 Å². The van der Waals surface area contributed by atoms with Gasteiger partial charge in [0.05, 0.1) is 19.8 Å². The van der Waals surface area contributed by atoms with Gasteiger partial charge >= 0.3 is 0 Å². The molecule has 3 nitrogen and oxygen atoms in total. The first-order chi connectivity index (χ1) is 19.9. The lowest BCUT2D eigenvalue weighted by atomic mass is 9.98. The van der Waals surface area contributed by atoms with Crippen LogP contribution >= 0.6 is 0 Å². The average Bonchev–Trinajstić information content (AvgIpc) is 2.99. The van der Waals surface area contributed by atoms with Gasteiger partial charge in [0.15, 0.2) is 29.5 Å². The van der Waals surface area contributed by atoms with Gasteiger partial charge in [0.25, 0.3) is 0 Å². The number of benzene rings is 3. The molecule has 0 unspecified atom stereocenters. The van der Waals surface area contributed by atoms with Crippen LogP contribution in [-0.4, -0.2) is 19.8 Å². The number of hydrogen-bond acceptors (Lipinski definition) is 3. The Morgan fingerprint density at radius 1 is 0.756 bits per heavy atom. The van der Waals surface area contributed by atoms with E-state index in [2.05, 4.69) is 13.5 Å². The lowest BCUT2D eigenvalue weighted by Crippen LogP contribution is -2.27. The minimum atomic E-state index is -1.04. The average molecular weight is 571 g/mol. The molecule has 3 aromatic rings. The molecule has 1 saturated heterocycles. The van der Waals surface area contributed by atoms with Crippen molar-refractivity contribution in [2.45, 2.75) is 64.6 Å². The molecule has 1 aliphatic heterocycles. The van der Waals surface area contributed by atoms with Crippen LogP contribution in [0.2, 0.25) is 0 Å². The molecule has 7 heteroatoms. The van der Waals surface area contributed by atoms with E-state index >= 15 is 8.78 Å². The molecule has 0 spiro atoms. The zero-order chi connectivity index (χ0) is 29.2. The maximum Gasteiger partial charge on any atom is 0.201 e. The predicted molar refractivity (Wildman–Crippen MR) is 154 cm³/mol. The maximum absolute atomic E-state index is 15.1. The first-order valence-electron chi connectivity index (χ1n) is 14.5. The van der Waals surface area contributed by atoms with Gasteiger partial charge in [-0.15, -0.1) is 6.58 Å². The Balaban J connectivity index is 1.40. The highest BCUT2D eigenvalue weighted by molar-refractivity contribution is 5.71. The summed E-state index contributed by atoms with van der Waals surface area (Å²) in [6.07, 6.45) is 8.94. The Kier molecular flexibility index (Phi) is 11.4. The van der Waals surface area contributed by atoms with E-state index in [1.165, 1.54) is 43.5 Å². The van der Waals surface area contributed by atoms with Gasteiger partial charge < -0.3 is 14.2 Å². The topological polar surface area (TPSA) is 27.7 Å². The summed E-state index contributed by atoms with van der Waals surface area (Å²) < 4.78 is 76.6. The molecule has 0 aromatic heterocycles. The molecule has 0 aliphatic carbocycles. The molecular formula is C34H38F4O3. The molecular weight excluding hydrogens is 532 g/mol. The molecule has 0 bridgehead atoms. The number of halogens is 4. The third-order valence-electron chi connectivity index (χ3n) is 7.42. The van der Waals surface area contributed by atoms with Crippen molar-refractivity contribution in [1.82, 2.24) is 0 Å². The van der Waals surface area contributed by atoms with Gasteiger partial charge in [-0.05, 0) is 42.5 Å². The highest BCUT2D eigenvalue weighted by Crippen LogP contribution is 2.35. The van der Waals surface area contributed by atoms with Gasteiger partial charge in [-0.3, -0.25) is 0 Å². The largest absolute Gasteiger partial charge is 0.490 e. The molecule has 0 N–H and O–H groups in total. The van der Waals surface area contributed by atoms with Gasteiger partial charge in [-0.25, -0.2) is 13.2 Å². The van der Waals surface area contributed by atoms with Crippen molar-refractivity contribution >= 4 is 0 Å². The van der Waals surface area contributed by atoms with Crippen LogP contribution in [-0.2, 0) is 9.47 Å². The van der Waals surface area contributed by atoms with Crippen LogP contribution in [0.4, 0.5) is 17.6 Å². The van der Waals surface area contributed by atoms with E-state index in [4.69, 9.17) is 14.2 Å². The summed E-state index contributed by atoms with van der Waals surface area (Å²) in [7, 11) is 0. The minimum Gasteiger partial charge on any atom is -0.490 e. The molecule has 1 heterocycles. The van der Waals surface area contributed by atoms with Crippen LogP contribution in [0.25, 0.3) is 22.3 Å². The number of allylic oxidation sites excluding steroid dienone is 1. The number of ether oxygens (including phenoxy) is 3. The molecule has 220 valence electrons. The summed E-state index contributed by atoms with van der Waals surface area (Å²) in [6.45, 7) is 6.97. The summed E-state index contributed by atoms with van der Waals surface area (Å²) in [5, 5.41) is 0. The first kappa shape index (κ1) is 30.8. The lowest BCUT2D eigenvalue weighted by molar-refractivity contribution is -0.207.